The number of likely N-dealkylation sites (tertiary alicyclic amines) is 1. The Morgan fingerprint density at radius 1 is 1.47 bits per heavy atom. The molecule has 6 heteroatoms. The molecule has 0 aromatic carbocycles. The minimum Gasteiger partial charge on any atom is -0.480 e. The second-order valence-corrected chi connectivity index (χ2v) is 6.04. The van der Waals surface area contributed by atoms with Gasteiger partial charge in [-0.1, -0.05) is 6.92 Å². The Bertz CT molecular complexity index is 412. The first-order chi connectivity index (χ1) is 8.53. The summed E-state index contributed by atoms with van der Waals surface area (Å²) in [6.07, 6.45) is -0.396. The summed E-state index contributed by atoms with van der Waals surface area (Å²) in [6, 6.07) is -1.17. The zero-order valence-corrected chi connectivity index (χ0v) is 12.0. The summed E-state index contributed by atoms with van der Waals surface area (Å²) in [5.41, 5.74) is -1.78. The molecule has 0 aromatic heterocycles. The van der Waals surface area contributed by atoms with Crippen LogP contribution in [0.25, 0.3) is 0 Å². The van der Waals surface area contributed by atoms with Gasteiger partial charge >= 0.3 is 12.1 Å². The first kappa shape index (κ1) is 15.5. The van der Waals surface area contributed by atoms with Gasteiger partial charge in [-0.15, -0.1) is 0 Å². The Morgan fingerprint density at radius 2 is 2.00 bits per heavy atom. The van der Waals surface area contributed by atoms with Gasteiger partial charge in [-0.2, -0.15) is 0 Å². The van der Waals surface area contributed by atoms with Gasteiger partial charge in [0.25, 0.3) is 0 Å². The first-order valence-corrected chi connectivity index (χ1v) is 6.28. The number of Topliss-reactive ketones (excluding diaryl/α,β-unsaturated/α-hetero) is 1. The molecule has 1 N–H and O–H groups in total. The molecule has 1 aliphatic heterocycles. The van der Waals surface area contributed by atoms with E-state index < -0.39 is 29.1 Å². The van der Waals surface area contributed by atoms with Crippen molar-refractivity contribution in [1.82, 2.24) is 4.90 Å². The van der Waals surface area contributed by atoms with E-state index in [1.807, 2.05) is 0 Å². The molecule has 1 rings (SSSR count). The number of carbonyl (C=O) groups excluding carboxylic acids is 2. The van der Waals surface area contributed by atoms with Gasteiger partial charge in [0.15, 0.2) is 5.78 Å². The van der Waals surface area contributed by atoms with Crippen LogP contribution in [0.3, 0.4) is 0 Å². The number of amides is 1. The third-order valence-electron chi connectivity index (χ3n) is 3.46. The summed E-state index contributed by atoms with van der Waals surface area (Å²) in [5, 5.41) is 9.31. The molecule has 0 bridgehead atoms. The molecule has 108 valence electrons. The van der Waals surface area contributed by atoms with Crippen LogP contribution in [-0.4, -0.2) is 46.0 Å². The highest BCUT2D eigenvalue weighted by molar-refractivity contribution is 5.99. The fourth-order valence-electron chi connectivity index (χ4n) is 2.21. The van der Waals surface area contributed by atoms with E-state index in [-0.39, 0.29) is 12.3 Å². The average molecular weight is 271 g/mol. The minimum atomic E-state index is -1.18. The number of rotatable bonds is 2. The van der Waals surface area contributed by atoms with Crippen molar-refractivity contribution in [3.05, 3.63) is 0 Å². The lowest BCUT2D eigenvalue weighted by atomic mass is 9.79. The molecule has 0 spiro atoms. The predicted molar refractivity (Wildman–Crippen MR) is 67.8 cm³/mol. The highest BCUT2D eigenvalue weighted by Gasteiger charge is 2.55. The molecular weight excluding hydrogens is 250 g/mol. The Hall–Kier alpha value is -1.59. The fourth-order valence-corrected chi connectivity index (χ4v) is 2.21. The second-order valence-electron chi connectivity index (χ2n) is 6.04. The molecule has 0 radical (unpaired) electrons. The molecule has 0 aliphatic carbocycles. The topological polar surface area (TPSA) is 83.9 Å². The maximum Gasteiger partial charge on any atom is 0.411 e. The number of carboxylic acids is 1. The van der Waals surface area contributed by atoms with Gasteiger partial charge < -0.3 is 9.84 Å². The SMILES string of the molecule is CCC1(C)C(=O)CN(C(=O)OC(C)(C)C)C1C(=O)O. The lowest BCUT2D eigenvalue weighted by molar-refractivity contribution is -0.147. The Balaban J connectivity index is 3.05. The number of hydrogen-bond donors (Lipinski definition) is 1. The van der Waals surface area contributed by atoms with Crippen molar-refractivity contribution in [2.75, 3.05) is 6.54 Å². The summed E-state index contributed by atoms with van der Waals surface area (Å²) in [4.78, 5) is 36.4. The average Bonchev–Trinajstić information content (AvgIpc) is 2.50. The molecule has 6 nitrogen and oxygen atoms in total. The number of ketones is 1. The van der Waals surface area contributed by atoms with E-state index in [9.17, 15) is 19.5 Å². The van der Waals surface area contributed by atoms with Gasteiger partial charge in [0.2, 0.25) is 0 Å². The summed E-state index contributed by atoms with van der Waals surface area (Å²) in [6.45, 7) is 8.19. The van der Waals surface area contributed by atoms with E-state index in [1.165, 1.54) is 0 Å². The maximum atomic E-state index is 12.0. The normalized spacial score (nSPS) is 27.5. The van der Waals surface area contributed by atoms with Crippen LogP contribution in [0.5, 0.6) is 0 Å². The number of carboxylic acid groups (broad SMARTS) is 1. The lowest BCUT2D eigenvalue weighted by Gasteiger charge is -2.31. The van der Waals surface area contributed by atoms with E-state index >= 15 is 0 Å². The highest BCUT2D eigenvalue weighted by Crippen LogP contribution is 2.37. The number of nitrogens with zero attached hydrogens (tertiary/aromatic N) is 1. The van der Waals surface area contributed by atoms with E-state index in [0.717, 1.165) is 4.90 Å². The molecule has 1 heterocycles. The zero-order valence-electron chi connectivity index (χ0n) is 12.0. The standard InChI is InChI=1S/C13H21NO5/c1-6-13(5)8(15)7-14(9(13)10(16)17)11(18)19-12(2,3)4/h9H,6-7H2,1-5H3,(H,16,17). The van der Waals surface area contributed by atoms with E-state index in [0.29, 0.717) is 6.42 Å². The third-order valence-corrected chi connectivity index (χ3v) is 3.46. The van der Waals surface area contributed by atoms with Gasteiger partial charge in [-0.25, -0.2) is 9.59 Å². The van der Waals surface area contributed by atoms with Crippen LogP contribution in [-0.2, 0) is 14.3 Å². The summed E-state index contributed by atoms with van der Waals surface area (Å²) in [7, 11) is 0. The molecule has 0 aromatic rings. The fraction of sp³-hybridized carbons (Fsp3) is 0.769. The molecule has 2 atom stereocenters. The molecule has 19 heavy (non-hydrogen) atoms. The molecule has 1 fully saturated rings. The predicted octanol–water partition coefficient (Wildman–Crippen LogP) is 1.68. The Labute approximate surface area is 112 Å². The smallest absolute Gasteiger partial charge is 0.411 e. The van der Waals surface area contributed by atoms with Crippen molar-refractivity contribution < 1.29 is 24.2 Å². The van der Waals surface area contributed by atoms with Crippen molar-refractivity contribution in [3.8, 4) is 0 Å². The van der Waals surface area contributed by atoms with Crippen molar-refractivity contribution >= 4 is 17.8 Å². The monoisotopic (exact) mass is 271 g/mol. The lowest BCUT2D eigenvalue weighted by Crippen LogP contribution is -2.48. The van der Waals surface area contributed by atoms with Gasteiger partial charge in [-0.05, 0) is 34.1 Å². The first-order valence-electron chi connectivity index (χ1n) is 6.28. The van der Waals surface area contributed by atoms with Crippen molar-refractivity contribution in [1.29, 1.82) is 0 Å². The van der Waals surface area contributed by atoms with Gasteiger partial charge in [0.1, 0.15) is 11.6 Å². The van der Waals surface area contributed by atoms with Crippen LogP contribution in [0.15, 0.2) is 0 Å². The molecular formula is C13H21NO5. The molecule has 1 aliphatic rings. The van der Waals surface area contributed by atoms with Crippen LogP contribution in [0.1, 0.15) is 41.0 Å². The van der Waals surface area contributed by atoms with Crippen molar-refractivity contribution in [2.45, 2.75) is 52.7 Å². The molecule has 2 unspecified atom stereocenters. The number of ether oxygens (including phenoxy) is 1. The Morgan fingerprint density at radius 3 is 2.37 bits per heavy atom. The van der Waals surface area contributed by atoms with Crippen LogP contribution < -0.4 is 0 Å². The van der Waals surface area contributed by atoms with Crippen molar-refractivity contribution in [3.63, 3.8) is 0 Å². The van der Waals surface area contributed by atoms with E-state index in [2.05, 4.69) is 0 Å². The summed E-state index contributed by atoms with van der Waals surface area (Å²) >= 11 is 0. The van der Waals surface area contributed by atoms with E-state index in [1.54, 1.807) is 34.6 Å². The van der Waals surface area contributed by atoms with E-state index in [4.69, 9.17) is 4.74 Å². The minimum absolute atomic E-state index is 0.212. The van der Waals surface area contributed by atoms with Crippen molar-refractivity contribution in [2.24, 2.45) is 5.41 Å². The second kappa shape index (κ2) is 4.83. The van der Waals surface area contributed by atoms with Gasteiger partial charge in [0.05, 0.1) is 12.0 Å². The van der Waals surface area contributed by atoms with Gasteiger partial charge in [-0.3, -0.25) is 9.69 Å². The van der Waals surface area contributed by atoms with Crippen LogP contribution >= 0.6 is 0 Å². The molecule has 1 saturated heterocycles. The number of carbonyl (C=O) groups is 3. The highest BCUT2D eigenvalue weighted by atomic mass is 16.6. The third kappa shape index (κ3) is 2.88. The van der Waals surface area contributed by atoms with Crippen LogP contribution in [0, 0.1) is 5.41 Å². The number of aliphatic carboxylic acids is 1. The Kier molecular flexibility index (Phi) is 3.93. The molecule has 0 saturated carbocycles. The maximum absolute atomic E-state index is 12.0. The van der Waals surface area contributed by atoms with Crippen LogP contribution in [0.2, 0.25) is 0 Å². The van der Waals surface area contributed by atoms with Crippen LogP contribution in [0.4, 0.5) is 4.79 Å². The molecule has 1 amide bonds. The summed E-state index contributed by atoms with van der Waals surface area (Å²) in [5.74, 6) is -1.42. The quantitative estimate of drug-likeness (QED) is 0.826. The zero-order chi connectivity index (χ0) is 15.0. The summed E-state index contributed by atoms with van der Waals surface area (Å²) < 4.78 is 5.16. The number of hydrogen-bond acceptors (Lipinski definition) is 4. The largest absolute Gasteiger partial charge is 0.480 e. The van der Waals surface area contributed by atoms with Gasteiger partial charge in [0, 0.05) is 0 Å².